The van der Waals surface area contributed by atoms with Crippen LogP contribution in [0.1, 0.15) is 46.6 Å². The maximum atomic E-state index is 12.4. The Balaban J connectivity index is 0.00000112. The number of aromatic hydroxyl groups is 1. The maximum Gasteiger partial charge on any atom is 0.387 e. The van der Waals surface area contributed by atoms with E-state index in [0.717, 1.165) is 12.8 Å². The highest BCUT2D eigenvalue weighted by atomic mass is 19.3. The predicted molar refractivity (Wildman–Crippen MR) is 138 cm³/mol. The van der Waals surface area contributed by atoms with Gasteiger partial charge in [-0.2, -0.15) is 8.78 Å². The standard InChI is InChI=1S/C25H27F2N7O2.CH2O2/c1-24(2)11-15(12-25(3,4)32-24)34-22-20(30-33-34)10-19(29-31-22)17-7-5-14(9-21(17)35)18-8-6-16(13-28-18)36-23(26)27;2-1-3/h5-10,13,15,23,32,35H,11-12H2,1-4H3;1H,(H,2,3). The molecule has 3 N–H and O–H groups in total. The number of carboxylic acid groups (broad SMARTS) is 1. The zero-order valence-corrected chi connectivity index (χ0v) is 21.8. The summed E-state index contributed by atoms with van der Waals surface area (Å²) in [5.74, 6) is -0.0621. The van der Waals surface area contributed by atoms with Gasteiger partial charge in [-0.3, -0.25) is 9.78 Å². The molecule has 1 saturated heterocycles. The Morgan fingerprint density at radius 2 is 1.74 bits per heavy atom. The minimum absolute atomic E-state index is 0.0231. The van der Waals surface area contributed by atoms with Gasteiger partial charge in [0.25, 0.3) is 6.47 Å². The molecule has 13 heteroatoms. The van der Waals surface area contributed by atoms with Gasteiger partial charge in [0.15, 0.2) is 0 Å². The summed E-state index contributed by atoms with van der Waals surface area (Å²) in [6.45, 7) is 5.54. The van der Waals surface area contributed by atoms with Crippen molar-refractivity contribution >= 4 is 17.6 Å². The number of aromatic nitrogens is 6. The van der Waals surface area contributed by atoms with Gasteiger partial charge in [0.05, 0.1) is 23.6 Å². The molecular formula is C26H29F2N7O4. The number of nitrogens with zero attached hydrogens (tertiary/aromatic N) is 6. The number of carbonyl (C=O) groups is 1. The monoisotopic (exact) mass is 541 g/mol. The van der Waals surface area contributed by atoms with Crippen molar-refractivity contribution in [3.8, 4) is 34.0 Å². The van der Waals surface area contributed by atoms with E-state index in [4.69, 9.17) is 9.90 Å². The van der Waals surface area contributed by atoms with Gasteiger partial charge in [-0.15, -0.1) is 15.3 Å². The number of pyridine rings is 1. The molecule has 11 nitrogen and oxygen atoms in total. The van der Waals surface area contributed by atoms with E-state index in [9.17, 15) is 13.9 Å². The van der Waals surface area contributed by atoms with Crippen molar-refractivity contribution in [2.45, 2.75) is 64.3 Å². The van der Waals surface area contributed by atoms with E-state index in [0.29, 0.717) is 33.7 Å². The van der Waals surface area contributed by atoms with Crippen LogP contribution in [0.3, 0.4) is 0 Å². The highest BCUT2D eigenvalue weighted by Gasteiger charge is 2.39. The first-order valence-corrected chi connectivity index (χ1v) is 12.1. The lowest BCUT2D eigenvalue weighted by molar-refractivity contribution is -0.122. The average molecular weight is 542 g/mol. The number of ether oxygens (including phenoxy) is 1. The van der Waals surface area contributed by atoms with E-state index in [-0.39, 0.29) is 35.1 Å². The molecule has 0 saturated carbocycles. The Morgan fingerprint density at radius 1 is 1.05 bits per heavy atom. The van der Waals surface area contributed by atoms with Crippen molar-refractivity contribution in [2.75, 3.05) is 0 Å². The van der Waals surface area contributed by atoms with Crippen molar-refractivity contribution in [2.24, 2.45) is 0 Å². The lowest BCUT2D eigenvalue weighted by atomic mass is 9.80. The topological polar surface area (TPSA) is 148 Å². The summed E-state index contributed by atoms with van der Waals surface area (Å²) in [6.07, 6.45) is 2.97. The molecule has 0 radical (unpaired) electrons. The zero-order chi connectivity index (χ0) is 28.4. The molecule has 4 heterocycles. The molecule has 206 valence electrons. The second-order valence-electron chi connectivity index (χ2n) is 10.5. The van der Waals surface area contributed by atoms with Crippen LogP contribution >= 0.6 is 0 Å². The number of benzene rings is 1. The van der Waals surface area contributed by atoms with Gasteiger partial charge in [0.2, 0.25) is 5.65 Å². The third-order valence-corrected chi connectivity index (χ3v) is 6.27. The number of alkyl halides is 2. The quantitative estimate of drug-likeness (QED) is 0.310. The van der Waals surface area contributed by atoms with E-state index in [1.807, 2.05) is 4.68 Å². The van der Waals surface area contributed by atoms with Crippen LogP contribution < -0.4 is 10.1 Å². The predicted octanol–water partition coefficient (Wildman–Crippen LogP) is 4.44. The molecule has 0 amide bonds. The Bertz CT molecular complexity index is 1440. The maximum absolute atomic E-state index is 12.4. The van der Waals surface area contributed by atoms with Gasteiger partial charge < -0.3 is 20.3 Å². The van der Waals surface area contributed by atoms with E-state index in [2.05, 4.69) is 63.2 Å². The fourth-order valence-electron chi connectivity index (χ4n) is 5.20. The summed E-state index contributed by atoms with van der Waals surface area (Å²) in [6, 6.07) is 9.81. The molecule has 0 spiro atoms. The van der Waals surface area contributed by atoms with E-state index < -0.39 is 6.61 Å². The first-order valence-electron chi connectivity index (χ1n) is 12.1. The van der Waals surface area contributed by atoms with Crippen molar-refractivity contribution in [3.63, 3.8) is 0 Å². The van der Waals surface area contributed by atoms with Crippen LogP contribution in [0.25, 0.3) is 33.7 Å². The number of hydrogen-bond acceptors (Lipinski definition) is 9. The second-order valence-corrected chi connectivity index (χ2v) is 10.5. The van der Waals surface area contributed by atoms with Gasteiger partial charge in [-0.05, 0) is 70.9 Å². The summed E-state index contributed by atoms with van der Waals surface area (Å²) in [5, 5.41) is 38.8. The van der Waals surface area contributed by atoms with Crippen LogP contribution in [-0.4, -0.2) is 64.5 Å². The number of halogens is 2. The summed E-state index contributed by atoms with van der Waals surface area (Å²) in [5.41, 5.74) is 3.11. The van der Waals surface area contributed by atoms with Crippen LogP contribution in [0.2, 0.25) is 0 Å². The molecule has 4 aromatic rings. The van der Waals surface area contributed by atoms with Crippen molar-refractivity contribution in [1.82, 2.24) is 35.5 Å². The van der Waals surface area contributed by atoms with Crippen LogP contribution in [0, 0.1) is 0 Å². The average Bonchev–Trinajstić information content (AvgIpc) is 3.26. The van der Waals surface area contributed by atoms with Gasteiger partial charge in [0, 0.05) is 22.2 Å². The highest BCUT2D eigenvalue weighted by molar-refractivity contribution is 5.79. The van der Waals surface area contributed by atoms with E-state index >= 15 is 0 Å². The fraction of sp³-hybridized carbons (Fsp3) is 0.385. The van der Waals surface area contributed by atoms with Crippen LogP contribution in [0.15, 0.2) is 42.6 Å². The smallest absolute Gasteiger partial charge is 0.387 e. The summed E-state index contributed by atoms with van der Waals surface area (Å²) in [7, 11) is 0. The van der Waals surface area contributed by atoms with Gasteiger partial charge >= 0.3 is 6.61 Å². The van der Waals surface area contributed by atoms with Crippen molar-refractivity contribution < 1.29 is 28.5 Å². The summed E-state index contributed by atoms with van der Waals surface area (Å²) < 4.78 is 30.9. The molecule has 3 aromatic heterocycles. The third-order valence-electron chi connectivity index (χ3n) is 6.27. The third kappa shape index (κ3) is 6.42. The number of hydrogen-bond donors (Lipinski definition) is 3. The second kappa shape index (κ2) is 10.8. The number of piperidine rings is 1. The van der Waals surface area contributed by atoms with Crippen LogP contribution in [0.5, 0.6) is 11.5 Å². The van der Waals surface area contributed by atoms with Crippen LogP contribution in [0.4, 0.5) is 8.78 Å². The highest BCUT2D eigenvalue weighted by Crippen LogP contribution is 2.37. The normalized spacial score (nSPS) is 16.5. The SMILES string of the molecule is CC1(C)CC(n2nnc3cc(-c4ccc(-c5ccc(OC(F)F)cn5)cc4O)nnc32)CC(C)(C)N1.O=CO. The molecule has 5 rings (SSSR count). The molecule has 1 fully saturated rings. The molecular weight excluding hydrogens is 512 g/mol. The molecule has 1 aliphatic heterocycles. The number of fused-ring (bicyclic) bond motifs is 1. The fourth-order valence-corrected chi connectivity index (χ4v) is 5.20. The van der Waals surface area contributed by atoms with Crippen molar-refractivity contribution in [1.29, 1.82) is 0 Å². The Hall–Kier alpha value is -4.26. The van der Waals surface area contributed by atoms with Gasteiger partial charge in [-0.25, -0.2) is 4.68 Å². The summed E-state index contributed by atoms with van der Waals surface area (Å²) in [4.78, 5) is 12.5. The Kier molecular flexibility index (Phi) is 7.72. The minimum Gasteiger partial charge on any atom is -0.507 e. The molecule has 1 aliphatic rings. The largest absolute Gasteiger partial charge is 0.507 e. The van der Waals surface area contributed by atoms with Crippen molar-refractivity contribution in [3.05, 3.63) is 42.6 Å². The number of phenols is 1. The molecule has 0 bridgehead atoms. The summed E-state index contributed by atoms with van der Waals surface area (Å²) >= 11 is 0. The van der Waals surface area contributed by atoms with E-state index in [1.165, 1.54) is 18.3 Å². The first-order chi connectivity index (χ1) is 18.4. The zero-order valence-electron chi connectivity index (χ0n) is 21.8. The molecule has 0 aliphatic carbocycles. The van der Waals surface area contributed by atoms with Gasteiger partial charge in [-0.1, -0.05) is 11.3 Å². The molecule has 1 aromatic carbocycles. The lowest BCUT2D eigenvalue weighted by Crippen LogP contribution is -2.58. The number of rotatable bonds is 5. The number of phenolic OH excluding ortho intramolecular Hbond substituents is 1. The first kappa shape index (κ1) is 27.8. The molecule has 0 atom stereocenters. The van der Waals surface area contributed by atoms with Gasteiger partial charge in [0.1, 0.15) is 17.0 Å². The van der Waals surface area contributed by atoms with Crippen LogP contribution in [-0.2, 0) is 4.79 Å². The molecule has 39 heavy (non-hydrogen) atoms. The molecule has 0 unspecified atom stereocenters. The lowest BCUT2D eigenvalue weighted by Gasteiger charge is -2.46. The van der Waals surface area contributed by atoms with E-state index in [1.54, 1.807) is 24.3 Å². The minimum atomic E-state index is -2.92. The Labute approximate surface area is 222 Å². The number of nitrogens with one attached hydrogen (secondary N) is 1. The Morgan fingerprint density at radius 3 is 2.33 bits per heavy atom.